The van der Waals surface area contributed by atoms with Crippen molar-refractivity contribution >= 4 is 16.3 Å². The highest BCUT2D eigenvalue weighted by atomic mass is 32.1. The lowest BCUT2D eigenvalue weighted by molar-refractivity contribution is 0.183. The van der Waals surface area contributed by atoms with E-state index in [2.05, 4.69) is 10.1 Å². The molecule has 0 N–H and O–H groups in total. The van der Waals surface area contributed by atoms with Crippen LogP contribution in [0.5, 0.6) is 5.75 Å². The first kappa shape index (κ1) is 12.1. The van der Waals surface area contributed by atoms with Crippen LogP contribution in [-0.4, -0.2) is 28.8 Å². The van der Waals surface area contributed by atoms with Crippen molar-refractivity contribution in [3.8, 4) is 17.0 Å². The van der Waals surface area contributed by atoms with Crippen molar-refractivity contribution in [1.82, 2.24) is 14.6 Å². The second-order valence-corrected chi connectivity index (χ2v) is 5.02. The molecule has 5 nitrogen and oxygen atoms in total. The van der Waals surface area contributed by atoms with Gasteiger partial charge in [-0.1, -0.05) is 23.5 Å². The van der Waals surface area contributed by atoms with Gasteiger partial charge in [-0.15, -0.1) is 0 Å². The molecule has 98 valence electrons. The molecule has 0 fully saturated rings. The zero-order valence-corrected chi connectivity index (χ0v) is 11.5. The van der Waals surface area contributed by atoms with Crippen molar-refractivity contribution in [2.75, 3.05) is 14.2 Å². The first-order valence-electron chi connectivity index (χ1n) is 5.79. The van der Waals surface area contributed by atoms with Crippen LogP contribution >= 0.6 is 11.3 Å². The Balaban J connectivity index is 2.03. The summed E-state index contributed by atoms with van der Waals surface area (Å²) in [4.78, 5) is 5.43. The quantitative estimate of drug-likeness (QED) is 0.734. The minimum atomic E-state index is 0.512. The SMILES string of the molecule is COCc1nn2cc(-c3ccccc3OC)nc2s1. The highest BCUT2D eigenvalue weighted by Gasteiger charge is 2.12. The first-order valence-corrected chi connectivity index (χ1v) is 6.61. The Labute approximate surface area is 114 Å². The van der Waals surface area contributed by atoms with Gasteiger partial charge in [0.05, 0.1) is 25.6 Å². The number of ether oxygens (including phenoxy) is 2. The molecule has 1 aromatic carbocycles. The molecule has 2 aromatic heterocycles. The van der Waals surface area contributed by atoms with Gasteiger partial charge in [-0.25, -0.2) is 9.50 Å². The third-order valence-corrected chi connectivity index (χ3v) is 3.63. The van der Waals surface area contributed by atoms with Gasteiger partial charge in [0.1, 0.15) is 10.8 Å². The van der Waals surface area contributed by atoms with Crippen LogP contribution in [0, 0.1) is 0 Å². The maximum Gasteiger partial charge on any atom is 0.212 e. The molecule has 2 heterocycles. The molecule has 3 rings (SSSR count). The van der Waals surface area contributed by atoms with Gasteiger partial charge in [0.2, 0.25) is 4.96 Å². The number of aromatic nitrogens is 3. The van der Waals surface area contributed by atoms with Gasteiger partial charge >= 0.3 is 0 Å². The Morgan fingerprint density at radius 1 is 1.26 bits per heavy atom. The summed E-state index contributed by atoms with van der Waals surface area (Å²) in [6.45, 7) is 0.512. The van der Waals surface area contributed by atoms with Gasteiger partial charge in [0.25, 0.3) is 0 Å². The van der Waals surface area contributed by atoms with Crippen molar-refractivity contribution in [3.63, 3.8) is 0 Å². The van der Waals surface area contributed by atoms with Crippen LogP contribution in [0.25, 0.3) is 16.2 Å². The zero-order valence-electron chi connectivity index (χ0n) is 10.7. The van der Waals surface area contributed by atoms with Gasteiger partial charge in [0.15, 0.2) is 0 Å². The van der Waals surface area contributed by atoms with Crippen molar-refractivity contribution in [1.29, 1.82) is 0 Å². The highest BCUT2D eigenvalue weighted by Crippen LogP contribution is 2.29. The fraction of sp³-hybridized carbons (Fsp3) is 0.231. The molecule has 19 heavy (non-hydrogen) atoms. The van der Waals surface area contributed by atoms with Crippen LogP contribution < -0.4 is 4.74 Å². The molecular formula is C13H13N3O2S. The zero-order chi connectivity index (χ0) is 13.2. The molecular weight excluding hydrogens is 262 g/mol. The lowest BCUT2D eigenvalue weighted by Gasteiger charge is -2.04. The van der Waals surface area contributed by atoms with E-state index in [4.69, 9.17) is 9.47 Å². The molecule has 0 atom stereocenters. The van der Waals surface area contributed by atoms with E-state index in [0.717, 1.165) is 27.0 Å². The molecule has 0 radical (unpaired) electrons. The van der Waals surface area contributed by atoms with E-state index in [1.54, 1.807) is 18.7 Å². The Morgan fingerprint density at radius 3 is 2.84 bits per heavy atom. The van der Waals surface area contributed by atoms with Crippen molar-refractivity contribution in [2.24, 2.45) is 0 Å². The van der Waals surface area contributed by atoms with Crippen LogP contribution in [0.2, 0.25) is 0 Å². The number of nitrogens with zero attached hydrogens (tertiary/aromatic N) is 3. The van der Waals surface area contributed by atoms with Crippen molar-refractivity contribution in [2.45, 2.75) is 6.61 Å². The second-order valence-electron chi connectivity index (χ2n) is 3.98. The fourth-order valence-electron chi connectivity index (χ4n) is 1.91. The number of imidazole rings is 1. The standard InChI is InChI=1S/C13H13N3O2S/c1-17-8-12-15-16-7-10(14-13(16)19-12)9-5-3-4-6-11(9)18-2/h3-7H,8H2,1-2H3. The largest absolute Gasteiger partial charge is 0.496 e. The highest BCUT2D eigenvalue weighted by molar-refractivity contribution is 7.16. The smallest absolute Gasteiger partial charge is 0.212 e. The molecule has 3 aromatic rings. The minimum absolute atomic E-state index is 0.512. The summed E-state index contributed by atoms with van der Waals surface area (Å²) in [7, 11) is 3.32. The molecule has 6 heteroatoms. The van der Waals surface area contributed by atoms with E-state index < -0.39 is 0 Å². The molecule has 0 unspecified atom stereocenters. The normalized spacial score (nSPS) is 11.1. The second kappa shape index (κ2) is 4.99. The molecule has 0 aliphatic carbocycles. The molecule has 0 bridgehead atoms. The summed E-state index contributed by atoms with van der Waals surface area (Å²) in [5, 5.41) is 5.32. The summed E-state index contributed by atoms with van der Waals surface area (Å²) in [5.41, 5.74) is 1.83. The van der Waals surface area contributed by atoms with Gasteiger partial charge in [-0.05, 0) is 12.1 Å². The summed E-state index contributed by atoms with van der Waals surface area (Å²) < 4.78 is 12.2. The molecule has 0 amide bonds. The van der Waals surface area contributed by atoms with E-state index in [0.29, 0.717) is 6.61 Å². The van der Waals surface area contributed by atoms with Crippen LogP contribution in [0.4, 0.5) is 0 Å². The summed E-state index contributed by atoms with van der Waals surface area (Å²) in [6, 6.07) is 7.82. The number of benzene rings is 1. The molecule has 0 spiro atoms. The third kappa shape index (κ3) is 2.20. The maximum absolute atomic E-state index is 5.35. The maximum atomic E-state index is 5.35. The summed E-state index contributed by atoms with van der Waals surface area (Å²) in [5.74, 6) is 0.811. The van der Waals surface area contributed by atoms with E-state index in [1.165, 1.54) is 11.3 Å². The van der Waals surface area contributed by atoms with Crippen LogP contribution in [0.1, 0.15) is 5.01 Å². The van der Waals surface area contributed by atoms with Crippen LogP contribution in [0.15, 0.2) is 30.5 Å². The number of rotatable bonds is 4. The van der Waals surface area contributed by atoms with E-state index in [9.17, 15) is 0 Å². The average Bonchev–Trinajstić information content (AvgIpc) is 2.97. The van der Waals surface area contributed by atoms with Gasteiger partial charge in [0, 0.05) is 12.7 Å². The number of hydrogen-bond acceptors (Lipinski definition) is 5. The Morgan fingerprint density at radius 2 is 2.11 bits per heavy atom. The fourth-order valence-corrected chi connectivity index (χ4v) is 2.76. The average molecular weight is 275 g/mol. The van der Waals surface area contributed by atoms with Gasteiger partial charge < -0.3 is 9.47 Å². The van der Waals surface area contributed by atoms with Crippen LogP contribution in [0.3, 0.4) is 0 Å². The summed E-state index contributed by atoms with van der Waals surface area (Å²) >= 11 is 1.53. The third-order valence-electron chi connectivity index (χ3n) is 2.74. The monoisotopic (exact) mass is 275 g/mol. The van der Waals surface area contributed by atoms with Crippen molar-refractivity contribution < 1.29 is 9.47 Å². The Hall–Kier alpha value is -1.92. The topological polar surface area (TPSA) is 48.7 Å². The predicted octanol–water partition coefficient (Wildman–Crippen LogP) is 2.61. The number of hydrogen-bond donors (Lipinski definition) is 0. The molecule has 0 aliphatic rings. The van der Waals surface area contributed by atoms with E-state index >= 15 is 0 Å². The Kier molecular flexibility index (Phi) is 3.18. The van der Waals surface area contributed by atoms with Gasteiger partial charge in [-0.3, -0.25) is 0 Å². The minimum Gasteiger partial charge on any atom is -0.496 e. The lowest BCUT2D eigenvalue weighted by atomic mass is 10.1. The van der Waals surface area contributed by atoms with E-state index in [1.807, 2.05) is 30.5 Å². The molecule has 0 saturated heterocycles. The van der Waals surface area contributed by atoms with E-state index in [-0.39, 0.29) is 0 Å². The Bertz CT molecular complexity index is 673. The van der Waals surface area contributed by atoms with Crippen LogP contribution in [-0.2, 0) is 11.3 Å². The number of para-hydroxylation sites is 1. The number of methoxy groups -OCH3 is 2. The lowest BCUT2D eigenvalue weighted by Crippen LogP contribution is -1.89. The van der Waals surface area contributed by atoms with Crippen molar-refractivity contribution in [3.05, 3.63) is 35.5 Å². The molecule has 0 saturated carbocycles. The summed E-state index contributed by atoms with van der Waals surface area (Å²) in [6.07, 6.45) is 1.91. The first-order chi connectivity index (χ1) is 9.31. The van der Waals surface area contributed by atoms with Gasteiger partial charge in [-0.2, -0.15) is 5.10 Å². The predicted molar refractivity (Wildman–Crippen MR) is 73.6 cm³/mol. The molecule has 0 aliphatic heterocycles. The number of fused-ring (bicyclic) bond motifs is 1.